The van der Waals surface area contributed by atoms with Crippen LogP contribution in [0.3, 0.4) is 0 Å². The fraction of sp³-hybridized carbons (Fsp3) is 0.600. The molecule has 6 nitrogen and oxygen atoms in total. The average molecular weight is 363 g/mol. The minimum Gasteiger partial charge on any atom is -0.497 e. The smallest absolute Gasteiger partial charge is 0.340 e. The number of amides is 1. The second-order valence-electron chi connectivity index (χ2n) is 6.94. The first-order valence-electron chi connectivity index (χ1n) is 9.41. The molecule has 144 valence electrons. The number of likely N-dealkylation sites (tertiary alicyclic amines) is 1. The number of nitrogens with zero attached hydrogens (tertiary/aromatic N) is 1. The van der Waals surface area contributed by atoms with Crippen molar-refractivity contribution in [3.05, 3.63) is 23.3 Å². The van der Waals surface area contributed by atoms with Crippen LogP contribution in [0.25, 0.3) is 0 Å². The molecule has 0 saturated carbocycles. The molecule has 1 aromatic rings. The molecule has 26 heavy (non-hydrogen) atoms. The Kier molecular flexibility index (Phi) is 6.64. The van der Waals surface area contributed by atoms with E-state index in [4.69, 9.17) is 9.47 Å². The Morgan fingerprint density at radius 3 is 2.42 bits per heavy atom. The Balaban J connectivity index is 2.32. The zero-order valence-electron chi connectivity index (χ0n) is 16.6. The van der Waals surface area contributed by atoms with Gasteiger partial charge in [0, 0.05) is 12.8 Å². The molecule has 0 aromatic heterocycles. The highest BCUT2D eigenvalue weighted by Gasteiger charge is 2.40. The molecular weight excluding hydrogens is 332 g/mol. The lowest BCUT2D eigenvalue weighted by atomic mass is 10.1. The molecule has 1 aliphatic rings. The van der Waals surface area contributed by atoms with Crippen molar-refractivity contribution in [2.24, 2.45) is 0 Å². The molecule has 1 atom stereocenters. The molecule has 0 spiro atoms. The molecular formula is C20H31N2O4+. The Morgan fingerprint density at radius 2 is 1.88 bits per heavy atom. The van der Waals surface area contributed by atoms with E-state index in [1.165, 1.54) is 0 Å². The van der Waals surface area contributed by atoms with Crippen LogP contribution in [0.4, 0.5) is 5.69 Å². The minimum absolute atomic E-state index is 0.0624. The quantitative estimate of drug-likeness (QED) is 0.597. The summed E-state index contributed by atoms with van der Waals surface area (Å²) in [5.41, 5.74) is 1.61. The Morgan fingerprint density at radius 1 is 1.23 bits per heavy atom. The van der Waals surface area contributed by atoms with Crippen molar-refractivity contribution in [1.82, 2.24) is 0 Å². The number of likely N-dealkylation sites (N-methyl/N-ethyl adjacent to an activating group) is 1. The van der Waals surface area contributed by atoms with Gasteiger partial charge in [-0.2, -0.15) is 0 Å². The molecule has 6 heteroatoms. The van der Waals surface area contributed by atoms with Crippen LogP contribution in [-0.4, -0.2) is 55.8 Å². The van der Waals surface area contributed by atoms with E-state index >= 15 is 0 Å². The van der Waals surface area contributed by atoms with Crippen LogP contribution in [0.15, 0.2) is 12.1 Å². The van der Waals surface area contributed by atoms with Gasteiger partial charge in [-0.3, -0.25) is 4.79 Å². The summed E-state index contributed by atoms with van der Waals surface area (Å²) < 4.78 is 11.2. The number of esters is 1. The van der Waals surface area contributed by atoms with Gasteiger partial charge in [-0.15, -0.1) is 0 Å². The zero-order valence-corrected chi connectivity index (χ0v) is 16.6. The van der Waals surface area contributed by atoms with Crippen molar-refractivity contribution in [3.8, 4) is 5.75 Å². The zero-order chi connectivity index (χ0) is 19.3. The fourth-order valence-corrected chi connectivity index (χ4v) is 3.83. The second kappa shape index (κ2) is 8.54. The molecule has 1 heterocycles. The first kappa shape index (κ1) is 20.2. The number of hydrogen-bond donors (Lipinski definition) is 1. The Hall–Kier alpha value is -2.08. The highest BCUT2D eigenvalue weighted by molar-refractivity contribution is 6.03. The third-order valence-electron chi connectivity index (χ3n) is 5.58. The van der Waals surface area contributed by atoms with Gasteiger partial charge in [0.25, 0.3) is 5.91 Å². The predicted molar refractivity (Wildman–Crippen MR) is 102 cm³/mol. The van der Waals surface area contributed by atoms with E-state index in [-0.39, 0.29) is 18.6 Å². The number of ether oxygens (including phenoxy) is 2. The van der Waals surface area contributed by atoms with E-state index in [2.05, 4.69) is 12.2 Å². The van der Waals surface area contributed by atoms with Crippen LogP contribution in [0.1, 0.15) is 49.5 Å². The summed E-state index contributed by atoms with van der Waals surface area (Å²) in [6, 6.07) is 3.26. The van der Waals surface area contributed by atoms with Gasteiger partial charge in [0.05, 0.1) is 44.6 Å². The SMILES string of the molecule is CCOC(=O)c1cc(OC)cc(C)c1NC(=O)C(C)[N+]1(CC)CCCC1. The highest BCUT2D eigenvalue weighted by Crippen LogP contribution is 2.29. The summed E-state index contributed by atoms with van der Waals surface area (Å²) >= 11 is 0. The largest absolute Gasteiger partial charge is 0.497 e. The normalized spacial score (nSPS) is 16.8. The molecule has 0 radical (unpaired) electrons. The monoisotopic (exact) mass is 363 g/mol. The lowest BCUT2D eigenvalue weighted by Crippen LogP contribution is -2.56. The highest BCUT2D eigenvalue weighted by atomic mass is 16.5. The number of carbonyl (C=O) groups excluding carboxylic acids is 2. The summed E-state index contributed by atoms with van der Waals surface area (Å²) in [6.07, 6.45) is 2.31. The number of methoxy groups -OCH3 is 1. The van der Waals surface area contributed by atoms with Crippen molar-refractivity contribution in [2.75, 3.05) is 38.7 Å². The third kappa shape index (κ3) is 4.01. The number of hydrogen-bond acceptors (Lipinski definition) is 4. The predicted octanol–water partition coefficient (Wildman–Crippen LogP) is 3.14. The van der Waals surface area contributed by atoms with E-state index in [0.717, 1.165) is 42.5 Å². The first-order valence-corrected chi connectivity index (χ1v) is 9.41. The number of rotatable bonds is 7. The van der Waals surface area contributed by atoms with Gasteiger partial charge >= 0.3 is 5.97 Å². The molecule has 1 aliphatic heterocycles. The third-order valence-corrected chi connectivity index (χ3v) is 5.58. The maximum absolute atomic E-state index is 13.0. The molecule has 1 N–H and O–H groups in total. The van der Waals surface area contributed by atoms with E-state index in [1.54, 1.807) is 20.1 Å². The van der Waals surface area contributed by atoms with E-state index in [1.807, 2.05) is 19.9 Å². The van der Waals surface area contributed by atoms with Crippen molar-refractivity contribution < 1.29 is 23.5 Å². The molecule has 1 unspecified atom stereocenters. The molecule has 1 saturated heterocycles. The molecule has 2 rings (SSSR count). The fourth-order valence-electron chi connectivity index (χ4n) is 3.83. The van der Waals surface area contributed by atoms with Crippen LogP contribution in [0, 0.1) is 6.92 Å². The van der Waals surface area contributed by atoms with Crippen LogP contribution >= 0.6 is 0 Å². The van der Waals surface area contributed by atoms with Crippen molar-refractivity contribution in [1.29, 1.82) is 0 Å². The summed E-state index contributed by atoms with van der Waals surface area (Å²) in [6.45, 7) is 11.0. The average Bonchev–Trinajstić information content (AvgIpc) is 3.12. The standard InChI is InChI=1S/C20H30N2O4/c1-6-22(10-8-9-11-22)15(4)19(23)21-18-14(3)12-16(25-5)13-17(18)20(24)26-7-2/h12-13,15H,6-11H2,1-5H3/p+1. The van der Waals surface area contributed by atoms with Crippen molar-refractivity contribution >= 4 is 17.6 Å². The summed E-state index contributed by atoms with van der Waals surface area (Å²) in [5, 5.41) is 2.99. The first-order chi connectivity index (χ1) is 12.4. The molecule has 1 fully saturated rings. The lowest BCUT2D eigenvalue weighted by Gasteiger charge is -2.38. The molecule has 1 aromatic carbocycles. The number of nitrogens with one attached hydrogen (secondary N) is 1. The topological polar surface area (TPSA) is 64.6 Å². The van der Waals surface area contributed by atoms with Crippen molar-refractivity contribution in [2.45, 2.75) is 46.6 Å². The minimum atomic E-state index is -0.460. The Bertz CT molecular complexity index is 666. The van der Waals surface area contributed by atoms with Gasteiger partial charge in [-0.1, -0.05) is 0 Å². The summed E-state index contributed by atoms with van der Waals surface area (Å²) in [5.74, 6) is 0.0405. The number of anilines is 1. The van der Waals surface area contributed by atoms with Crippen molar-refractivity contribution in [3.63, 3.8) is 0 Å². The van der Waals surface area contributed by atoms with E-state index in [9.17, 15) is 9.59 Å². The summed E-state index contributed by atoms with van der Waals surface area (Å²) in [4.78, 5) is 25.4. The van der Waals surface area contributed by atoms with Crippen LogP contribution in [-0.2, 0) is 9.53 Å². The van der Waals surface area contributed by atoms with Gasteiger partial charge in [-0.05, 0) is 45.4 Å². The molecule has 1 amide bonds. The van der Waals surface area contributed by atoms with Crippen LogP contribution in [0.5, 0.6) is 5.75 Å². The van der Waals surface area contributed by atoms with Crippen LogP contribution < -0.4 is 10.1 Å². The molecule has 0 bridgehead atoms. The maximum atomic E-state index is 13.0. The van der Waals surface area contributed by atoms with Gasteiger partial charge in [0.15, 0.2) is 6.04 Å². The Labute approximate surface area is 156 Å². The number of benzene rings is 1. The second-order valence-corrected chi connectivity index (χ2v) is 6.94. The summed E-state index contributed by atoms with van der Waals surface area (Å²) in [7, 11) is 1.55. The van der Waals surface area contributed by atoms with Crippen LogP contribution in [0.2, 0.25) is 0 Å². The van der Waals surface area contributed by atoms with Gasteiger partial charge in [0.2, 0.25) is 0 Å². The van der Waals surface area contributed by atoms with E-state index < -0.39 is 5.97 Å². The molecule has 0 aliphatic carbocycles. The number of carbonyl (C=O) groups is 2. The number of quaternary nitrogens is 1. The number of aryl methyl sites for hydroxylation is 1. The van der Waals surface area contributed by atoms with E-state index in [0.29, 0.717) is 17.0 Å². The van der Waals surface area contributed by atoms with Gasteiger partial charge < -0.3 is 19.3 Å². The van der Waals surface area contributed by atoms with Gasteiger partial charge in [0.1, 0.15) is 5.75 Å². The van der Waals surface area contributed by atoms with Gasteiger partial charge in [-0.25, -0.2) is 4.79 Å². The lowest BCUT2D eigenvalue weighted by molar-refractivity contribution is -0.928. The maximum Gasteiger partial charge on any atom is 0.340 e.